The number of hydrogen-bond donors (Lipinski definition) is 0. The van der Waals surface area contributed by atoms with Crippen molar-refractivity contribution in [2.24, 2.45) is 0 Å². The third-order valence-corrected chi connectivity index (χ3v) is 6.17. The standard InChI is InChI=1S/C24H25N3O3/c1-18(20-8-3-2-4-9-20)27-17-24(30-23(27)29)11-6-13-26(14-12-24)22(28)21-10-5-7-19(15-21)16-25/h2-5,7-10,15,18H,6,11-14,17H2,1H3/t18-,24-/m1/s1. The average Bonchev–Trinajstić information content (AvgIpc) is 2.97. The van der Waals surface area contributed by atoms with E-state index < -0.39 is 5.60 Å². The van der Waals surface area contributed by atoms with E-state index in [4.69, 9.17) is 10.00 Å². The van der Waals surface area contributed by atoms with Crippen LogP contribution in [0.5, 0.6) is 0 Å². The van der Waals surface area contributed by atoms with E-state index >= 15 is 0 Å². The molecule has 2 saturated heterocycles. The van der Waals surface area contributed by atoms with Crippen molar-refractivity contribution in [1.29, 1.82) is 5.26 Å². The smallest absolute Gasteiger partial charge is 0.411 e. The van der Waals surface area contributed by atoms with E-state index in [1.807, 2.05) is 42.2 Å². The summed E-state index contributed by atoms with van der Waals surface area (Å²) in [6.45, 7) is 3.69. The van der Waals surface area contributed by atoms with Gasteiger partial charge in [-0.2, -0.15) is 5.26 Å². The van der Waals surface area contributed by atoms with E-state index in [2.05, 4.69) is 6.07 Å². The molecule has 2 aliphatic heterocycles. The first kappa shape index (κ1) is 20.0. The molecule has 0 N–H and O–H groups in total. The van der Waals surface area contributed by atoms with E-state index in [0.29, 0.717) is 37.2 Å². The Balaban J connectivity index is 1.45. The Morgan fingerprint density at radius 2 is 1.93 bits per heavy atom. The van der Waals surface area contributed by atoms with Crippen LogP contribution in [0.15, 0.2) is 54.6 Å². The Bertz CT molecular complexity index is 985. The zero-order valence-electron chi connectivity index (χ0n) is 17.1. The second-order valence-corrected chi connectivity index (χ2v) is 8.10. The monoisotopic (exact) mass is 403 g/mol. The lowest BCUT2D eigenvalue weighted by molar-refractivity contribution is 0.0438. The first-order valence-electron chi connectivity index (χ1n) is 10.4. The van der Waals surface area contributed by atoms with Crippen molar-refractivity contribution in [3.63, 3.8) is 0 Å². The summed E-state index contributed by atoms with van der Waals surface area (Å²) in [5.41, 5.74) is 1.52. The van der Waals surface area contributed by atoms with Gasteiger partial charge in [0.15, 0.2) is 0 Å². The van der Waals surface area contributed by atoms with E-state index in [1.54, 1.807) is 29.2 Å². The fraction of sp³-hybridized carbons (Fsp3) is 0.375. The molecule has 154 valence electrons. The molecular weight excluding hydrogens is 378 g/mol. The number of benzene rings is 2. The highest BCUT2D eigenvalue weighted by Crippen LogP contribution is 2.37. The molecule has 2 aliphatic rings. The summed E-state index contributed by atoms with van der Waals surface area (Å²) in [4.78, 5) is 29.2. The highest BCUT2D eigenvalue weighted by Gasteiger charge is 2.47. The van der Waals surface area contributed by atoms with Crippen LogP contribution in [-0.4, -0.2) is 47.0 Å². The summed E-state index contributed by atoms with van der Waals surface area (Å²) in [5.74, 6) is -0.0806. The van der Waals surface area contributed by atoms with Gasteiger partial charge in [0.25, 0.3) is 5.91 Å². The van der Waals surface area contributed by atoms with Gasteiger partial charge in [-0.15, -0.1) is 0 Å². The van der Waals surface area contributed by atoms with Crippen LogP contribution in [0.4, 0.5) is 4.79 Å². The van der Waals surface area contributed by atoms with Crippen LogP contribution in [0.3, 0.4) is 0 Å². The number of carbonyl (C=O) groups is 2. The van der Waals surface area contributed by atoms with Gasteiger partial charge in [0, 0.05) is 25.1 Å². The lowest BCUT2D eigenvalue weighted by Crippen LogP contribution is -2.37. The summed E-state index contributed by atoms with van der Waals surface area (Å²) >= 11 is 0. The van der Waals surface area contributed by atoms with Crippen LogP contribution in [0.2, 0.25) is 0 Å². The number of amides is 2. The number of likely N-dealkylation sites (tertiary alicyclic amines) is 1. The summed E-state index contributed by atoms with van der Waals surface area (Å²) in [6, 6.07) is 18.7. The topological polar surface area (TPSA) is 73.6 Å². The lowest BCUT2D eigenvalue weighted by atomic mass is 9.94. The highest BCUT2D eigenvalue weighted by atomic mass is 16.6. The number of hydrogen-bond acceptors (Lipinski definition) is 4. The second kappa shape index (κ2) is 8.19. The maximum Gasteiger partial charge on any atom is 0.411 e. The van der Waals surface area contributed by atoms with E-state index in [-0.39, 0.29) is 18.0 Å². The maximum absolute atomic E-state index is 12.9. The molecule has 30 heavy (non-hydrogen) atoms. The number of nitrogens with zero attached hydrogens (tertiary/aromatic N) is 3. The molecule has 0 aromatic heterocycles. The van der Waals surface area contributed by atoms with Crippen LogP contribution in [0, 0.1) is 11.3 Å². The SMILES string of the molecule is C[C@H](c1ccccc1)N1C[C@]2(CCCN(C(=O)c3cccc(C#N)c3)CC2)OC1=O. The minimum atomic E-state index is -0.552. The van der Waals surface area contributed by atoms with Crippen LogP contribution in [0.1, 0.15) is 53.7 Å². The molecule has 2 atom stereocenters. The molecule has 4 rings (SSSR count). The molecule has 2 fully saturated rings. The van der Waals surface area contributed by atoms with Crippen molar-refractivity contribution >= 4 is 12.0 Å². The van der Waals surface area contributed by atoms with Gasteiger partial charge in [0.1, 0.15) is 5.60 Å². The third-order valence-electron chi connectivity index (χ3n) is 6.17. The third kappa shape index (κ3) is 3.88. The summed E-state index contributed by atoms with van der Waals surface area (Å²) in [6.07, 6.45) is 1.83. The molecule has 6 heteroatoms. The lowest BCUT2D eigenvalue weighted by Gasteiger charge is -2.27. The van der Waals surface area contributed by atoms with Crippen LogP contribution in [-0.2, 0) is 4.74 Å². The van der Waals surface area contributed by atoms with Crippen molar-refractivity contribution < 1.29 is 14.3 Å². The molecule has 0 saturated carbocycles. The average molecular weight is 403 g/mol. The zero-order chi connectivity index (χ0) is 21.1. The molecule has 0 radical (unpaired) electrons. The van der Waals surface area contributed by atoms with E-state index in [0.717, 1.165) is 18.4 Å². The predicted molar refractivity (Wildman–Crippen MR) is 112 cm³/mol. The molecular formula is C24H25N3O3. The van der Waals surface area contributed by atoms with Gasteiger partial charge in [0.05, 0.1) is 24.2 Å². The molecule has 2 amide bonds. The Labute approximate surface area is 176 Å². The molecule has 2 aromatic carbocycles. The largest absolute Gasteiger partial charge is 0.441 e. The van der Waals surface area contributed by atoms with Gasteiger partial charge >= 0.3 is 6.09 Å². The van der Waals surface area contributed by atoms with Gasteiger partial charge in [-0.25, -0.2) is 4.79 Å². The molecule has 2 aromatic rings. The minimum Gasteiger partial charge on any atom is -0.441 e. The Kier molecular flexibility index (Phi) is 5.45. The van der Waals surface area contributed by atoms with Crippen molar-refractivity contribution in [1.82, 2.24) is 9.80 Å². The van der Waals surface area contributed by atoms with Crippen LogP contribution >= 0.6 is 0 Å². The number of nitriles is 1. The fourth-order valence-electron chi connectivity index (χ4n) is 4.39. The van der Waals surface area contributed by atoms with E-state index in [9.17, 15) is 9.59 Å². The van der Waals surface area contributed by atoms with Crippen LogP contribution in [0.25, 0.3) is 0 Å². The molecule has 1 spiro atoms. The zero-order valence-corrected chi connectivity index (χ0v) is 17.1. The molecule has 6 nitrogen and oxygen atoms in total. The highest BCUT2D eigenvalue weighted by molar-refractivity contribution is 5.94. The van der Waals surface area contributed by atoms with Crippen molar-refractivity contribution in [2.45, 2.75) is 37.8 Å². The summed E-state index contributed by atoms with van der Waals surface area (Å²) < 4.78 is 5.90. The fourth-order valence-corrected chi connectivity index (χ4v) is 4.39. The normalized spacial score (nSPS) is 22.3. The quantitative estimate of drug-likeness (QED) is 0.772. The van der Waals surface area contributed by atoms with Crippen molar-refractivity contribution in [3.8, 4) is 6.07 Å². The Morgan fingerprint density at radius 1 is 1.13 bits per heavy atom. The molecule has 0 aliphatic carbocycles. The molecule has 2 heterocycles. The first-order valence-corrected chi connectivity index (χ1v) is 10.4. The molecule has 0 bridgehead atoms. The summed E-state index contributed by atoms with van der Waals surface area (Å²) in [5, 5.41) is 9.09. The van der Waals surface area contributed by atoms with Gasteiger partial charge in [-0.1, -0.05) is 36.4 Å². The number of ether oxygens (including phenoxy) is 1. The van der Waals surface area contributed by atoms with E-state index in [1.165, 1.54) is 0 Å². The van der Waals surface area contributed by atoms with Gasteiger partial charge in [0.2, 0.25) is 0 Å². The van der Waals surface area contributed by atoms with Crippen LogP contribution < -0.4 is 0 Å². The van der Waals surface area contributed by atoms with Gasteiger partial charge in [-0.05, 0) is 43.5 Å². The van der Waals surface area contributed by atoms with Crippen molar-refractivity contribution in [2.75, 3.05) is 19.6 Å². The van der Waals surface area contributed by atoms with Gasteiger partial charge < -0.3 is 9.64 Å². The maximum atomic E-state index is 12.9. The van der Waals surface area contributed by atoms with Gasteiger partial charge in [-0.3, -0.25) is 9.69 Å². The Morgan fingerprint density at radius 3 is 2.70 bits per heavy atom. The predicted octanol–water partition coefficient (Wildman–Crippen LogP) is 4.14. The van der Waals surface area contributed by atoms with Crippen molar-refractivity contribution in [3.05, 3.63) is 71.3 Å². The number of rotatable bonds is 3. The summed E-state index contributed by atoms with van der Waals surface area (Å²) in [7, 11) is 0. The number of carbonyl (C=O) groups excluding carboxylic acids is 2. The second-order valence-electron chi connectivity index (χ2n) is 8.10. The Hall–Kier alpha value is -3.33. The molecule has 0 unspecified atom stereocenters. The first-order chi connectivity index (χ1) is 14.5. The minimum absolute atomic E-state index is 0.0622.